The molecule has 0 fully saturated rings. The topological polar surface area (TPSA) is 47.6 Å². The molecule has 0 heterocycles. The van der Waals surface area contributed by atoms with Gasteiger partial charge in [-0.15, -0.1) is 0 Å². The standard InChI is InChI=1S/C9H18BrNO3/c1-6(7(10)13-5)11-8(12)14-9(2,3)4/h6-7H,1-5H3,(H,11,12). The van der Waals surface area contributed by atoms with E-state index < -0.39 is 11.7 Å². The first-order chi connectivity index (χ1) is 6.26. The van der Waals surface area contributed by atoms with Gasteiger partial charge in [-0.3, -0.25) is 0 Å². The number of carbonyl (C=O) groups is 1. The number of carbonyl (C=O) groups excluding carboxylic acids is 1. The molecule has 1 amide bonds. The first-order valence-electron chi connectivity index (χ1n) is 4.42. The number of nitrogens with one attached hydrogen (secondary N) is 1. The lowest BCUT2D eigenvalue weighted by atomic mass is 10.2. The molecule has 5 heteroatoms. The monoisotopic (exact) mass is 267 g/mol. The molecule has 0 spiro atoms. The van der Waals surface area contributed by atoms with Crippen molar-refractivity contribution in [1.82, 2.24) is 5.32 Å². The molecule has 0 aliphatic carbocycles. The summed E-state index contributed by atoms with van der Waals surface area (Å²) in [5, 5.41) is 2.44. The average Bonchev–Trinajstić information content (AvgIpc) is 1.99. The second kappa shape index (κ2) is 5.56. The van der Waals surface area contributed by atoms with Crippen molar-refractivity contribution in [3.63, 3.8) is 0 Å². The molecule has 84 valence electrons. The van der Waals surface area contributed by atoms with Gasteiger partial charge in [-0.1, -0.05) is 15.9 Å². The van der Waals surface area contributed by atoms with Crippen LogP contribution in [0.2, 0.25) is 0 Å². The third kappa shape index (κ3) is 6.21. The zero-order chi connectivity index (χ0) is 11.4. The van der Waals surface area contributed by atoms with Crippen LogP contribution in [-0.2, 0) is 9.47 Å². The third-order valence-electron chi connectivity index (χ3n) is 1.36. The predicted octanol–water partition coefficient (Wildman–Crippen LogP) is 2.27. The van der Waals surface area contributed by atoms with Gasteiger partial charge in [0, 0.05) is 7.11 Å². The molecule has 1 N–H and O–H groups in total. The Hall–Kier alpha value is -0.290. The fourth-order valence-electron chi connectivity index (χ4n) is 0.763. The van der Waals surface area contributed by atoms with Crippen molar-refractivity contribution in [3.05, 3.63) is 0 Å². The quantitative estimate of drug-likeness (QED) is 0.799. The van der Waals surface area contributed by atoms with Gasteiger partial charge in [0.1, 0.15) is 10.6 Å². The fourth-order valence-corrected chi connectivity index (χ4v) is 0.895. The lowest BCUT2D eigenvalue weighted by Crippen LogP contribution is -2.42. The molecule has 0 aromatic rings. The molecule has 0 aliphatic rings. The molecule has 2 atom stereocenters. The van der Waals surface area contributed by atoms with E-state index in [1.54, 1.807) is 7.11 Å². The minimum atomic E-state index is -0.474. The van der Waals surface area contributed by atoms with Gasteiger partial charge in [0.2, 0.25) is 0 Å². The van der Waals surface area contributed by atoms with E-state index in [1.807, 2.05) is 27.7 Å². The molecule has 0 saturated carbocycles. The van der Waals surface area contributed by atoms with Crippen LogP contribution in [-0.4, -0.2) is 29.9 Å². The largest absolute Gasteiger partial charge is 0.444 e. The number of methoxy groups -OCH3 is 1. The summed E-state index contributed by atoms with van der Waals surface area (Å²) in [5.74, 6) is 0. The fraction of sp³-hybridized carbons (Fsp3) is 0.889. The van der Waals surface area contributed by atoms with Crippen LogP contribution in [0.1, 0.15) is 27.7 Å². The number of hydrogen-bond donors (Lipinski definition) is 1. The summed E-state index contributed by atoms with van der Waals surface area (Å²) in [5.41, 5.74) is -0.474. The second-order valence-electron chi connectivity index (χ2n) is 4.02. The Kier molecular flexibility index (Phi) is 5.44. The third-order valence-corrected chi connectivity index (χ3v) is 2.53. The maximum atomic E-state index is 11.3. The Bertz CT molecular complexity index is 191. The number of ether oxygens (including phenoxy) is 2. The first-order valence-corrected chi connectivity index (χ1v) is 5.34. The molecule has 0 aromatic heterocycles. The maximum absolute atomic E-state index is 11.3. The highest BCUT2D eigenvalue weighted by atomic mass is 79.9. The van der Waals surface area contributed by atoms with E-state index in [1.165, 1.54) is 0 Å². The van der Waals surface area contributed by atoms with Gasteiger partial charge >= 0.3 is 6.09 Å². The molecule has 2 unspecified atom stereocenters. The highest BCUT2D eigenvalue weighted by Crippen LogP contribution is 2.09. The smallest absolute Gasteiger partial charge is 0.407 e. The van der Waals surface area contributed by atoms with Crippen molar-refractivity contribution in [2.24, 2.45) is 0 Å². The Morgan fingerprint density at radius 2 is 1.93 bits per heavy atom. The molecular formula is C9H18BrNO3. The minimum absolute atomic E-state index is 0.144. The van der Waals surface area contributed by atoms with Gasteiger partial charge in [0.15, 0.2) is 0 Å². The SMILES string of the molecule is COC(Br)C(C)NC(=O)OC(C)(C)C. The van der Waals surface area contributed by atoms with Gasteiger partial charge in [0.25, 0.3) is 0 Å². The molecule has 14 heavy (non-hydrogen) atoms. The first kappa shape index (κ1) is 13.7. The van der Waals surface area contributed by atoms with Crippen LogP contribution in [0.25, 0.3) is 0 Å². The van der Waals surface area contributed by atoms with Crippen molar-refractivity contribution in [2.45, 2.75) is 44.4 Å². The number of alkyl halides is 1. The molecule has 0 aromatic carbocycles. The van der Waals surface area contributed by atoms with Crippen LogP contribution >= 0.6 is 15.9 Å². The normalized spacial score (nSPS) is 15.9. The zero-order valence-electron chi connectivity index (χ0n) is 9.26. The highest BCUT2D eigenvalue weighted by Gasteiger charge is 2.20. The molecule has 0 rings (SSSR count). The van der Waals surface area contributed by atoms with Crippen molar-refractivity contribution < 1.29 is 14.3 Å². The van der Waals surface area contributed by atoms with Crippen molar-refractivity contribution >= 4 is 22.0 Å². The molecule has 0 saturated heterocycles. The molecule has 4 nitrogen and oxygen atoms in total. The second-order valence-corrected chi connectivity index (χ2v) is 4.92. The lowest BCUT2D eigenvalue weighted by molar-refractivity contribution is 0.0464. The summed E-state index contributed by atoms with van der Waals surface area (Å²) < 4.78 is 10.1. The van der Waals surface area contributed by atoms with Gasteiger partial charge in [-0.2, -0.15) is 0 Å². The van der Waals surface area contributed by atoms with E-state index in [0.717, 1.165) is 0 Å². The zero-order valence-corrected chi connectivity index (χ0v) is 10.8. The van der Waals surface area contributed by atoms with Crippen LogP contribution in [0, 0.1) is 0 Å². The van der Waals surface area contributed by atoms with Crippen molar-refractivity contribution in [2.75, 3.05) is 7.11 Å². The van der Waals surface area contributed by atoms with Crippen LogP contribution in [0.4, 0.5) is 4.79 Å². The average molecular weight is 268 g/mol. The van der Waals surface area contributed by atoms with Crippen LogP contribution < -0.4 is 5.32 Å². The number of rotatable bonds is 3. The van der Waals surface area contributed by atoms with E-state index >= 15 is 0 Å². The van der Waals surface area contributed by atoms with Gasteiger partial charge < -0.3 is 14.8 Å². The van der Waals surface area contributed by atoms with E-state index in [2.05, 4.69) is 21.2 Å². The Labute approximate surface area is 93.5 Å². The summed E-state index contributed by atoms with van der Waals surface area (Å²) in [6.45, 7) is 7.28. The van der Waals surface area contributed by atoms with E-state index in [-0.39, 0.29) is 11.1 Å². The van der Waals surface area contributed by atoms with Gasteiger partial charge in [-0.05, 0) is 27.7 Å². The summed E-state index contributed by atoms with van der Waals surface area (Å²) in [4.78, 5) is 11.3. The van der Waals surface area contributed by atoms with E-state index in [9.17, 15) is 4.79 Å². The lowest BCUT2D eigenvalue weighted by Gasteiger charge is -2.23. The Balaban J connectivity index is 3.95. The summed E-state index contributed by atoms with van der Waals surface area (Å²) >= 11 is 3.26. The van der Waals surface area contributed by atoms with Crippen LogP contribution in [0.15, 0.2) is 0 Å². The Morgan fingerprint density at radius 1 is 1.43 bits per heavy atom. The van der Waals surface area contributed by atoms with Crippen molar-refractivity contribution in [3.8, 4) is 0 Å². The highest BCUT2D eigenvalue weighted by molar-refractivity contribution is 9.09. The van der Waals surface area contributed by atoms with Crippen LogP contribution in [0.5, 0.6) is 0 Å². The molecule has 0 aliphatic heterocycles. The van der Waals surface area contributed by atoms with E-state index in [0.29, 0.717) is 0 Å². The van der Waals surface area contributed by atoms with E-state index in [4.69, 9.17) is 9.47 Å². The molecule has 0 radical (unpaired) electrons. The van der Waals surface area contributed by atoms with Crippen molar-refractivity contribution in [1.29, 1.82) is 0 Å². The molecule has 0 bridgehead atoms. The maximum Gasteiger partial charge on any atom is 0.407 e. The number of hydrogen-bond acceptors (Lipinski definition) is 3. The summed E-state index contributed by atoms with van der Waals surface area (Å²) in [6, 6.07) is -0.144. The van der Waals surface area contributed by atoms with Gasteiger partial charge in [-0.25, -0.2) is 4.79 Å². The summed E-state index contributed by atoms with van der Waals surface area (Å²) in [6.07, 6.45) is -0.438. The number of halogens is 1. The Morgan fingerprint density at radius 3 is 2.29 bits per heavy atom. The predicted molar refractivity (Wildman–Crippen MR) is 58.6 cm³/mol. The number of amides is 1. The minimum Gasteiger partial charge on any atom is -0.444 e. The number of alkyl carbamates (subject to hydrolysis) is 1. The van der Waals surface area contributed by atoms with Gasteiger partial charge in [0.05, 0.1) is 6.04 Å². The summed E-state index contributed by atoms with van der Waals surface area (Å²) in [7, 11) is 1.56. The molecular weight excluding hydrogens is 250 g/mol. The van der Waals surface area contributed by atoms with Crippen LogP contribution in [0.3, 0.4) is 0 Å².